The molecule has 1 fully saturated rings. The largest absolute Gasteiger partial charge is 0.363 e. The first-order chi connectivity index (χ1) is 18.3. The van der Waals surface area contributed by atoms with Gasteiger partial charge in [-0.1, -0.05) is 36.4 Å². The lowest BCUT2D eigenvalue weighted by Gasteiger charge is -2.28. The van der Waals surface area contributed by atoms with Crippen LogP contribution in [0, 0.1) is 0 Å². The molecule has 3 aromatic rings. The highest BCUT2D eigenvalue weighted by molar-refractivity contribution is 6.43. The lowest BCUT2D eigenvalue weighted by molar-refractivity contribution is -0.114. The minimum absolute atomic E-state index is 0.0897. The molecule has 4 rings (SSSR count). The van der Waals surface area contributed by atoms with Crippen LogP contribution in [0.4, 0.5) is 28.8 Å². The Morgan fingerprint density at radius 3 is 2.61 bits per heavy atom. The van der Waals surface area contributed by atoms with E-state index in [1.165, 1.54) is 18.3 Å². The van der Waals surface area contributed by atoms with Crippen LogP contribution in [0.3, 0.4) is 0 Å². The standard InChI is InChI=1S/C26H27ClN8O3/c1-2-22(36)32-21-13-17(8-7-16(21)15-35-11-9-29-10-12-35)31-26-30-14-19(27)25(34-26)33-20-6-4-3-5-18(20)23(37)24(28)38/h2-8,13-14,29H,1,9-12,15H2,(H2,28,38)(H,32,36)(H2,30,31,33,34). The van der Waals surface area contributed by atoms with E-state index in [9.17, 15) is 14.4 Å². The van der Waals surface area contributed by atoms with E-state index in [1.807, 2.05) is 12.1 Å². The first-order valence-electron chi connectivity index (χ1n) is 11.8. The average Bonchev–Trinajstić information content (AvgIpc) is 2.92. The smallest absolute Gasteiger partial charge is 0.289 e. The number of anilines is 5. The normalized spacial score (nSPS) is 13.4. The maximum Gasteiger partial charge on any atom is 0.289 e. The van der Waals surface area contributed by atoms with Gasteiger partial charge in [-0.3, -0.25) is 19.3 Å². The summed E-state index contributed by atoms with van der Waals surface area (Å²) in [5, 5.41) is 12.5. The van der Waals surface area contributed by atoms with Crippen molar-refractivity contribution in [2.45, 2.75) is 6.54 Å². The van der Waals surface area contributed by atoms with Crippen molar-refractivity contribution in [3.8, 4) is 0 Å². The molecule has 1 aliphatic heterocycles. The van der Waals surface area contributed by atoms with Gasteiger partial charge < -0.3 is 27.0 Å². The van der Waals surface area contributed by atoms with Crippen LogP contribution in [0.25, 0.3) is 0 Å². The molecule has 0 aliphatic carbocycles. The topological polar surface area (TPSA) is 154 Å². The third-order valence-electron chi connectivity index (χ3n) is 5.81. The van der Waals surface area contributed by atoms with Crippen molar-refractivity contribution in [1.29, 1.82) is 0 Å². The molecule has 196 valence electrons. The lowest BCUT2D eigenvalue weighted by Crippen LogP contribution is -2.43. The van der Waals surface area contributed by atoms with Gasteiger partial charge in [0.2, 0.25) is 11.9 Å². The van der Waals surface area contributed by atoms with Crippen molar-refractivity contribution in [3.05, 3.63) is 77.5 Å². The number of amides is 2. The number of primary amides is 1. The van der Waals surface area contributed by atoms with Gasteiger partial charge in [0.25, 0.3) is 11.7 Å². The fraction of sp³-hybridized carbons (Fsp3) is 0.192. The molecule has 2 amide bonds. The molecule has 0 saturated carbocycles. The summed E-state index contributed by atoms with van der Waals surface area (Å²) in [6.07, 6.45) is 2.62. The number of hydrogen-bond acceptors (Lipinski definition) is 9. The second-order valence-corrected chi connectivity index (χ2v) is 8.88. The molecule has 0 bridgehead atoms. The van der Waals surface area contributed by atoms with E-state index in [1.54, 1.807) is 24.3 Å². The molecule has 0 radical (unpaired) electrons. The number of carbonyl (C=O) groups excluding carboxylic acids is 3. The summed E-state index contributed by atoms with van der Waals surface area (Å²) < 4.78 is 0. The van der Waals surface area contributed by atoms with Crippen LogP contribution >= 0.6 is 11.6 Å². The number of nitrogens with one attached hydrogen (secondary N) is 4. The molecular weight excluding hydrogens is 508 g/mol. The fourth-order valence-corrected chi connectivity index (χ4v) is 4.04. The molecule has 0 unspecified atom stereocenters. The van der Waals surface area contributed by atoms with Gasteiger partial charge in [-0.15, -0.1) is 0 Å². The van der Waals surface area contributed by atoms with Crippen LogP contribution < -0.4 is 27.0 Å². The van der Waals surface area contributed by atoms with Gasteiger partial charge >= 0.3 is 0 Å². The molecule has 0 spiro atoms. The number of ketones is 1. The van der Waals surface area contributed by atoms with Gasteiger partial charge in [0.1, 0.15) is 5.02 Å². The Morgan fingerprint density at radius 2 is 1.87 bits per heavy atom. The van der Waals surface area contributed by atoms with E-state index in [2.05, 4.69) is 42.7 Å². The third-order valence-corrected chi connectivity index (χ3v) is 6.08. The summed E-state index contributed by atoms with van der Waals surface area (Å²) in [5.41, 5.74) is 7.81. The summed E-state index contributed by atoms with van der Waals surface area (Å²) in [5.74, 6) is -1.81. The fourth-order valence-electron chi connectivity index (χ4n) is 3.90. The number of nitrogens with zero attached hydrogens (tertiary/aromatic N) is 3. The van der Waals surface area contributed by atoms with E-state index in [-0.39, 0.29) is 28.3 Å². The Bertz CT molecular complexity index is 1370. The van der Waals surface area contributed by atoms with Crippen LogP contribution in [-0.4, -0.2) is 58.6 Å². The number of rotatable bonds is 10. The lowest BCUT2D eigenvalue weighted by atomic mass is 10.1. The van der Waals surface area contributed by atoms with Crippen molar-refractivity contribution in [2.24, 2.45) is 5.73 Å². The predicted molar refractivity (Wildman–Crippen MR) is 147 cm³/mol. The highest BCUT2D eigenvalue weighted by Crippen LogP contribution is 2.28. The Hall–Kier alpha value is -4.32. The second-order valence-electron chi connectivity index (χ2n) is 8.47. The minimum Gasteiger partial charge on any atom is -0.363 e. The van der Waals surface area contributed by atoms with E-state index in [0.29, 0.717) is 23.6 Å². The number of para-hydroxylation sites is 1. The van der Waals surface area contributed by atoms with Crippen LogP contribution in [0.5, 0.6) is 0 Å². The van der Waals surface area contributed by atoms with Gasteiger partial charge in [0, 0.05) is 44.1 Å². The van der Waals surface area contributed by atoms with Crippen molar-refractivity contribution in [3.63, 3.8) is 0 Å². The quantitative estimate of drug-likeness (QED) is 0.150. The number of benzene rings is 2. The van der Waals surface area contributed by atoms with E-state index in [4.69, 9.17) is 17.3 Å². The van der Waals surface area contributed by atoms with Gasteiger partial charge in [-0.25, -0.2) is 4.98 Å². The van der Waals surface area contributed by atoms with Gasteiger partial charge in [0.15, 0.2) is 5.82 Å². The summed E-state index contributed by atoms with van der Waals surface area (Å²) in [6.45, 7) is 7.88. The molecular formula is C26H27ClN8O3. The number of nitrogens with two attached hydrogens (primary N) is 1. The zero-order chi connectivity index (χ0) is 27.1. The molecule has 11 nitrogen and oxygen atoms in total. The number of piperazine rings is 1. The van der Waals surface area contributed by atoms with Gasteiger partial charge in [-0.05, 0) is 35.9 Å². The molecule has 2 aromatic carbocycles. The van der Waals surface area contributed by atoms with Gasteiger partial charge in [0.05, 0.1) is 17.4 Å². The van der Waals surface area contributed by atoms with Crippen molar-refractivity contribution < 1.29 is 14.4 Å². The highest BCUT2D eigenvalue weighted by Gasteiger charge is 2.18. The summed E-state index contributed by atoms with van der Waals surface area (Å²) in [6, 6.07) is 12.0. The zero-order valence-corrected chi connectivity index (χ0v) is 21.2. The number of carbonyl (C=O) groups is 3. The number of aromatic nitrogens is 2. The molecule has 1 saturated heterocycles. The van der Waals surface area contributed by atoms with Crippen LogP contribution in [0.1, 0.15) is 15.9 Å². The summed E-state index contributed by atoms with van der Waals surface area (Å²) in [7, 11) is 0. The zero-order valence-electron chi connectivity index (χ0n) is 20.5. The maximum atomic E-state index is 12.2. The second kappa shape index (κ2) is 12.3. The summed E-state index contributed by atoms with van der Waals surface area (Å²) in [4.78, 5) is 46.7. The van der Waals surface area contributed by atoms with Crippen LogP contribution in [0.15, 0.2) is 61.3 Å². The number of halogens is 1. The Labute approximate surface area is 224 Å². The molecule has 6 N–H and O–H groups in total. The molecule has 1 aromatic heterocycles. The average molecular weight is 535 g/mol. The summed E-state index contributed by atoms with van der Waals surface area (Å²) >= 11 is 6.30. The van der Waals surface area contributed by atoms with E-state index >= 15 is 0 Å². The van der Waals surface area contributed by atoms with Crippen LogP contribution in [-0.2, 0) is 16.1 Å². The first-order valence-corrected chi connectivity index (χ1v) is 12.2. The highest BCUT2D eigenvalue weighted by atomic mass is 35.5. The Balaban J connectivity index is 1.57. The molecule has 12 heteroatoms. The van der Waals surface area contributed by atoms with Gasteiger partial charge in [-0.2, -0.15) is 4.98 Å². The van der Waals surface area contributed by atoms with Crippen molar-refractivity contribution in [2.75, 3.05) is 42.1 Å². The van der Waals surface area contributed by atoms with Crippen molar-refractivity contribution >= 4 is 58.0 Å². The van der Waals surface area contributed by atoms with Crippen LogP contribution in [0.2, 0.25) is 5.02 Å². The molecule has 0 atom stereocenters. The van der Waals surface area contributed by atoms with Crippen molar-refractivity contribution in [1.82, 2.24) is 20.2 Å². The Kier molecular flexibility index (Phi) is 8.64. The predicted octanol–water partition coefficient (Wildman–Crippen LogP) is 2.81. The molecule has 2 heterocycles. The maximum absolute atomic E-state index is 12.2. The Morgan fingerprint density at radius 1 is 1.11 bits per heavy atom. The molecule has 1 aliphatic rings. The monoisotopic (exact) mass is 534 g/mol. The third kappa shape index (κ3) is 6.71. The molecule has 38 heavy (non-hydrogen) atoms. The number of Topliss-reactive ketones (excluding diaryl/α,β-unsaturated/α-hetero) is 1. The van der Waals surface area contributed by atoms with E-state index < -0.39 is 11.7 Å². The van der Waals surface area contributed by atoms with E-state index in [0.717, 1.165) is 31.7 Å². The number of hydrogen-bond donors (Lipinski definition) is 5. The first kappa shape index (κ1) is 26.7. The minimum atomic E-state index is -1.07. The SMILES string of the molecule is C=CC(=O)Nc1cc(Nc2ncc(Cl)c(Nc3ccccc3C(=O)C(N)=O)n2)ccc1CN1CCNCC1.